The molecular weight excluding hydrogens is 241 g/mol. The first-order chi connectivity index (χ1) is 8.40. The van der Waals surface area contributed by atoms with Crippen LogP contribution in [0.25, 0.3) is 10.9 Å². The first-order valence-corrected chi connectivity index (χ1v) is 5.88. The van der Waals surface area contributed by atoms with Gasteiger partial charge in [-0.3, -0.25) is 0 Å². The highest BCUT2D eigenvalue weighted by atomic mass is 19.4. The number of aromatic amines is 1. The van der Waals surface area contributed by atoms with Crippen molar-refractivity contribution in [3.8, 4) is 0 Å². The predicted molar refractivity (Wildman–Crippen MR) is 63.0 cm³/mol. The van der Waals surface area contributed by atoms with Gasteiger partial charge in [-0.15, -0.1) is 0 Å². The van der Waals surface area contributed by atoms with Crippen LogP contribution < -0.4 is 5.73 Å². The van der Waals surface area contributed by atoms with Gasteiger partial charge in [0.25, 0.3) is 0 Å². The third-order valence-corrected chi connectivity index (χ3v) is 3.75. The van der Waals surface area contributed by atoms with Gasteiger partial charge in [-0.1, -0.05) is 12.1 Å². The number of hydrogen-bond donors (Lipinski definition) is 2. The zero-order valence-corrected chi connectivity index (χ0v) is 9.64. The summed E-state index contributed by atoms with van der Waals surface area (Å²) in [6.45, 7) is 0. The molecule has 1 aliphatic carbocycles. The van der Waals surface area contributed by atoms with Crippen LogP contribution >= 0.6 is 0 Å². The van der Waals surface area contributed by atoms with Gasteiger partial charge in [-0.2, -0.15) is 13.2 Å². The van der Waals surface area contributed by atoms with Crippen LogP contribution in [0.1, 0.15) is 30.5 Å². The summed E-state index contributed by atoms with van der Waals surface area (Å²) in [5, 5.41) is 0.590. The van der Waals surface area contributed by atoms with Crippen LogP contribution in [0, 0.1) is 0 Å². The Kier molecular flexibility index (Phi) is 2.26. The summed E-state index contributed by atoms with van der Waals surface area (Å²) in [7, 11) is 0. The van der Waals surface area contributed by atoms with Crippen LogP contribution in [0.3, 0.4) is 0 Å². The second-order valence-electron chi connectivity index (χ2n) is 4.96. The zero-order chi connectivity index (χ0) is 13.0. The molecule has 0 radical (unpaired) electrons. The Labute approximate surface area is 102 Å². The highest BCUT2D eigenvalue weighted by Gasteiger charge is 2.37. The first-order valence-electron chi connectivity index (χ1n) is 5.88. The summed E-state index contributed by atoms with van der Waals surface area (Å²) in [4.78, 5) is 2.42. The van der Waals surface area contributed by atoms with Crippen molar-refractivity contribution in [2.45, 2.75) is 31.0 Å². The van der Waals surface area contributed by atoms with Gasteiger partial charge in [-0.25, -0.2) is 0 Å². The molecule has 3 N–H and O–H groups in total. The molecule has 0 unspecified atom stereocenters. The minimum Gasteiger partial charge on any atom is -0.351 e. The topological polar surface area (TPSA) is 41.8 Å². The lowest BCUT2D eigenvalue weighted by atomic mass is 9.72. The van der Waals surface area contributed by atoms with Gasteiger partial charge in [0, 0.05) is 16.4 Å². The van der Waals surface area contributed by atoms with E-state index in [4.69, 9.17) is 5.73 Å². The fourth-order valence-corrected chi connectivity index (χ4v) is 2.57. The lowest BCUT2D eigenvalue weighted by molar-refractivity contribution is -0.140. The van der Waals surface area contributed by atoms with Crippen LogP contribution in [0.5, 0.6) is 0 Å². The minimum atomic E-state index is -4.35. The second kappa shape index (κ2) is 3.51. The highest BCUT2D eigenvalue weighted by Crippen LogP contribution is 2.42. The Morgan fingerprint density at radius 1 is 1.22 bits per heavy atom. The molecule has 3 rings (SSSR count). The number of nitrogens with two attached hydrogens (primary N) is 1. The van der Waals surface area contributed by atoms with Crippen molar-refractivity contribution >= 4 is 10.9 Å². The molecule has 0 aliphatic heterocycles. The van der Waals surface area contributed by atoms with E-state index >= 15 is 0 Å². The standard InChI is InChI=1S/C13H13F3N2/c14-13(15,16)11-7-8-9(12(17)5-2-6-12)3-1-4-10(8)18-11/h1,3-4,7,18H,2,5-6,17H2. The second-order valence-corrected chi connectivity index (χ2v) is 4.96. The number of rotatable bonds is 1. The Morgan fingerprint density at radius 3 is 2.50 bits per heavy atom. The Morgan fingerprint density at radius 2 is 1.94 bits per heavy atom. The van der Waals surface area contributed by atoms with Crippen LogP contribution in [0.15, 0.2) is 24.3 Å². The highest BCUT2D eigenvalue weighted by molar-refractivity contribution is 5.85. The normalized spacial score (nSPS) is 18.9. The number of benzene rings is 1. The molecular formula is C13H13F3N2. The van der Waals surface area contributed by atoms with Gasteiger partial charge in [0.15, 0.2) is 0 Å². The molecule has 0 atom stereocenters. The van der Waals surface area contributed by atoms with Crippen molar-refractivity contribution in [1.29, 1.82) is 0 Å². The Balaban J connectivity index is 2.19. The molecule has 0 amide bonds. The van der Waals surface area contributed by atoms with Crippen LogP contribution in [-0.2, 0) is 11.7 Å². The lowest BCUT2D eigenvalue weighted by Gasteiger charge is -2.39. The molecule has 18 heavy (non-hydrogen) atoms. The van der Waals surface area contributed by atoms with E-state index in [9.17, 15) is 13.2 Å². The smallest absolute Gasteiger partial charge is 0.351 e. The van der Waals surface area contributed by atoms with Crippen molar-refractivity contribution in [3.05, 3.63) is 35.5 Å². The largest absolute Gasteiger partial charge is 0.431 e. The van der Waals surface area contributed by atoms with E-state index in [1.807, 2.05) is 6.07 Å². The monoisotopic (exact) mass is 254 g/mol. The van der Waals surface area contributed by atoms with E-state index in [1.54, 1.807) is 12.1 Å². The fraction of sp³-hybridized carbons (Fsp3) is 0.385. The van der Waals surface area contributed by atoms with E-state index in [1.165, 1.54) is 0 Å². The van der Waals surface area contributed by atoms with E-state index in [0.29, 0.717) is 10.9 Å². The van der Waals surface area contributed by atoms with Gasteiger partial charge in [0.1, 0.15) is 5.69 Å². The summed E-state index contributed by atoms with van der Waals surface area (Å²) in [5.41, 5.74) is 6.36. The average molecular weight is 254 g/mol. The molecule has 1 aromatic carbocycles. The molecule has 0 bridgehead atoms. The third kappa shape index (κ3) is 1.61. The average Bonchev–Trinajstić information content (AvgIpc) is 2.68. The molecule has 1 fully saturated rings. The van der Waals surface area contributed by atoms with Crippen molar-refractivity contribution in [2.75, 3.05) is 0 Å². The van der Waals surface area contributed by atoms with Crippen molar-refractivity contribution in [2.24, 2.45) is 5.73 Å². The first kappa shape index (κ1) is 11.6. The molecule has 96 valence electrons. The lowest BCUT2D eigenvalue weighted by Crippen LogP contribution is -2.43. The Bertz CT molecular complexity index is 594. The van der Waals surface area contributed by atoms with Crippen molar-refractivity contribution in [3.63, 3.8) is 0 Å². The molecule has 1 aliphatic rings. The predicted octanol–water partition coefficient (Wildman–Crippen LogP) is 3.52. The van der Waals surface area contributed by atoms with Gasteiger partial charge in [0.05, 0.1) is 0 Å². The van der Waals surface area contributed by atoms with Crippen molar-refractivity contribution in [1.82, 2.24) is 4.98 Å². The number of hydrogen-bond acceptors (Lipinski definition) is 1. The maximum atomic E-state index is 12.7. The van der Waals surface area contributed by atoms with Gasteiger partial charge < -0.3 is 10.7 Å². The SMILES string of the molecule is NC1(c2cccc3[nH]c(C(F)(F)F)cc23)CCC1. The number of alkyl halides is 3. The molecule has 5 heteroatoms. The number of nitrogens with one attached hydrogen (secondary N) is 1. The molecule has 1 heterocycles. The van der Waals surface area contributed by atoms with Crippen LogP contribution in [-0.4, -0.2) is 4.98 Å². The van der Waals surface area contributed by atoms with Gasteiger partial charge in [-0.05, 0) is 37.0 Å². The van der Waals surface area contributed by atoms with Crippen molar-refractivity contribution < 1.29 is 13.2 Å². The summed E-state index contributed by atoms with van der Waals surface area (Å²) < 4.78 is 38.1. The number of halogens is 3. The molecule has 2 aromatic rings. The molecule has 1 aromatic heterocycles. The van der Waals surface area contributed by atoms with Gasteiger partial charge >= 0.3 is 6.18 Å². The summed E-state index contributed by atoms with van der Waals surface area (Å²) in [6, 6.07) is 6.39. The summed E-state index contributed by atoms with van der Waals surface area (Å²) >= 11 is 0. The Hall–Kier alpha value is -1.49. The number of H-pyrrole nitrogens is 1. The summed E-state index contributed by atoms with van der Waals surface area (Å²) in [6.07, 6.45) is -1.65. The number of fused-ring (bicyclic) bond motifs is 1. The van der Waals surface area contributed by atoms with Gasteiger partial charge in [0.2, 0.25) is 0 Å². The quantitative estimate of drug-likeness (QED) is 0.803. The fourth-order valence-electron chi connectivity index (χ4n) is 2.57. The number of aromatic nitrogens is 1. The molecule has 0 spiro atoms. The van der Waals surface area contributed by atoms with E-state index in [2.05, 4.69) is 4.98 Å². The van der Waals surface area contributed by atoms with Crippen LogP contribution in [0.2, 0.25) is 0 Å². The van der Waals surface area contributed by atoms with Crippen LogP contribution in [0.4, 0.5) is 13.2 Å². The molecule has 1 saturated carbocycles. The van der Waals surface area contributed by atoms with E-state index in [-0.39, 0.29) is 0 Å². The zero-order valence-electron chi connectivity index (χ0n) is 9.64. The summed E-state index contributed by atoms with van der Waals surface area (Å²) in [5.74, 6) is 0. The van der Waals surface area contributed by atoms with E-state index < -0.39 is 17.4 Å². The van der Waals surface area contributed by atoms with E-state index in [0.717, 1.165) is 30.9 Å². The minimum absolute atomic E-state index is 0.454. The maximum absolute atomic E-state index is 12.7. The maximum Gasteiger partial charge on any atom is 0.431 e. The molecule has 0 saturated heterocycles. The third-order valence-electron chi connectivity index (χ3n) is 3.75. The molecule has 2 nitrogen and oxygen atoms in total.